The van der Waals surface area contributed by atoms with Crippen LogP contribution in [-0.2, 0) is 0 Å². The summed E-state index contributed by atoms with van der Waals surface area (Å²) in [4.78, 5) is 18.7. The number of hydrogen-bond donors (Lipinski definition) is 0. The predicted octanol–water partition coefficient (Wildman–Crippen LogP) is 5.04. The smallest absolute Gasteiger partial charge is 0.255 e. The Morgan fingerprint density at radius 2 is 1.83 bits per heavy atom. The second kappa shape index (κ2) is 7.79. The van der Waals surface area contributed by atoms with Crippen molar-refractivity contribution >= 4 is 21.8 Å². The zero-order chi connectivity index (χ0) is 16.9. The summed E-state index contributed by atoms with van der Waals surface area (Å²) in [6.07, 6.45) is 7.49. The quantitative estimate of drug-likeness (QED) is 0.736. The molecule has 0 bridgehead atoms. The Hall–Kier alpha value is -1.88. The SMILES string of the molecule is CN(C(=O)c1ccc(Oc2ccc(Br)cc2)nc1)C1CCCCC1. The fourth-order valence-corrected chi connectivity index (χ4v) is 3.29. The van der Waals surface area contributed by atoms with Gasteiger partial charge in [0.1, 0.15) is 5.75 Å². The van der Waals surface area contributed by atoms with Gasteiger partial charge >= 0.3 is 0 Å². The highest BCUT2D eigenvalue weighted by atomic mass is 79.9. The number of hydrogen-bond acceptors (Lipinski definition) is 3. The molecule has 126 valence electrons. The number of nitrogens with zero attached hydrogens (tertiary/aromatic N) is 2. The summed E-state index contributed by atoms with van der Waals surface area (Å²) >= 11 is 3.39. The topological polar surface area (TPSA) is 42.4 Å². The number of rotatable bonds is 4. The molecule has 0 radical (unpaired) electrons. The third kappa shape index (κ3) is 4.15. The standard InChI is InChI=1S/C19H21BrN2O2/c1-22(16-5-3-2-4-6-16)19(23)14-7-12-18(21-13-14)24-17-10-8-15(20)9-11-17/h7-13,16H,2-6H2,1H3. The van der Waals surface area contributed by atoms with Crippen molar-refractivity contribution in [2.75, 3.05) is 7.05 Å². The molecule has 5 heteroatoms. The molecule has 1 aliphatic carbocycles. The molecule has 1 amide bonds. The predicted molar refractivity (Wildman–Crippen MR) is 97.4 cm³/mol. The van der Waals surface area contributed by atoms with E-state index in [1.165, 1.54) is 19.3 Å². The third-order valence-corrected chi connectivity index (χ3v) is 4.99. The van der Waals surface area contributed by atoms with Gasteiger partial charge in [0, 0.05) is 29.8 Å². The van der Waals surface area contributed by atoms with Gasteiger partial charge in [0.15, 0.2) is 0 Å². The van der Waals surface area contributed by atoms with Crippen LogP contribution in [0.25, 0.3) is 0 Å². The van der Waals surface area contributed by atoms with Crippen molar-refractivity contribution in [2.45, 2.75) is 38.1 Å². The monoisotopic (exact) mass is 388 g/mol. The minimum Gasteiger partial charge on any atom is -0.439 e. The van der Waals surface area contributed by atoms with Gasteiger partial charge in [-0.3, -0.25) is 4.79 Å². The highest BCUT2D eigenvalue weighted by molar-refractivity contribution is 9.10. The van der Waals surface area contributed by atoms with E-state index in [2.05, 4.69) is 20.9 Å². The highest BCUT2D eigenvalue weighted by Crippen LogP contribution is 2.24. The second-order valence-electron chi connectivity index (χ2n) is 6.15. The molecule has 0 spiro atoms. The molecule has 0 N–H and O–H groups in total. The zero-order valence-electron chi connectivity index (χ0n) is 13.7. The molecule has 1 aliphatic rings. The van der Waals surface area contributed by atoms with E-state index in [1.807, 2.05) is 36.2 Å². The van der Waals surface area contributed by atoms with Gasteiger partial charge in [0.05, 0.1) is 5.56 Å². The summed E-state index contributed by atoms with van der Waals surface area (Å²) in [5.74, 6) is 1.22. The first-order chi connectivity index (χ1) is 11.6. The summed E-state index contributed by atoms with van der Waals surface area (Å²) in [6, 6.07) is 11.4. The molecular formula is C19H21BrN2O2. The summed E-state index contributed by atoms with van der Waals surface area (Å²) in [7, 11) is 1.89. The molecule has 4 nitrogen and oxygen atoms in total. The fraction of sp³-hybridized carbons (Fsp3) is 0.368. The minimum atomic E-state index is 0.0320. The van der Waals surface area contributed by atoms with Crippen LogP contribution < -0.4 is 4.74 Å². The Balaban J connectivity index is 1.64. The molecule has 1 aromatic heterocycles. The number of amides is 1. The maximum atomic E-state index is 12.6. The lowest BCUT2D eigenvalue weighted by atomic mass is 9.94. The number of ether oxygens (including phenoxy) is 1. The molecule has 0 aliphatic heterocycles. The van der Waals surface area contributed by atoms with Crippen molar-refractivity contribution in [1.82, 2.24) is 9.88 Å². The van der Waals surface area contributed by atoms with Crippen molar-refractivity contribution in [3.63, 3.8) is 0 Å². The Labute approximate surface area is 151 Å². The van der Waals surface area contributed by atoms with Gasteiger partial charge in [0.2, 0.25) is 5.88 Å². The van der Waals surface area contributed by atoms with E-state index in [1.54, 1.807) is 18.3 Å². The van der Waals surface area contributed by atoms with Crippen molar-refractivity contribution in [3.8, 4) is 11.6 Å². The largest absolute Gasteiger partial charge is 0.439 e. The van der Waals surface area contributed by atoms with Crippen molar-refractivity contribution in [2.24, 2.45) is 0 Å². The first kappa shape index (κ1) is 17.0. The van der Waals surface area contributed by atoms with Gasteiger partial charge in [-0.1, -0.05) is 35.2 Å². The van der Waals surface area contributed by atoms with E-state index >= 15 is 0 Å². The second-order valence-corrected chi connectivity index (χ2v) is 7.06. The molecule has 3 rings (SSSR count). The fourth-order valence-electron chi connectivity index (χ4n) is 3.03. The highest BCUT2D eigenvalue weighted by Gasteiger charge is 2.23. The van der Waals surface area contributed by atoms with Gasteiger partial charge in [-0.25, -0.2) is 4.98 Å². The molecule has 1 saturated carbocycles. The van der Waals surface area contributed by atoms with E-state index in [9.17, 15) is 4.79 Å². The normalized spacial score (nSPS) is 15.1. The zero-order valence-corrected chi connectivity index (χ0v) is 15.3. The van der Waals surface area contributed by atoms with Gasteiger partial charge in [-0.05, 0) is 43.2 Å². The summed E-state index contributed by atoms with van der Waals surface area (Å²) in [5.41, 5.74) is 0.603. The maximum Gasteiger partial charge on any atom is 0.255 e. The van der Waals surface area contributed by atoms with Crippen LogP contribution in [0, 0.1) is 0 Å². The van der Waals surface area contributed by atoms with E-state index in [0.717, 1.165) is 17.3 Å². The van der Waals surface area contributed by atoms with Crippen LogP contribution in [0.15, 0.2) is 47.1 Å². The average molecular weight is 389 g/mol. The molecule has 0 unspecified atom stereocenters. The number of pyridine rings is 1. The molecule has 0 saturated heterocycles. The Morgan fingerprint density at radius 3 is 2.46 bits per heavy atom. The van der Waals surface area contributed by atoms with Gasteiger partial charge in [-0.15, -0.1) is 0 Å². The number of aromatic nitrogens is 1. The Morgan fingerprint density at radius 1 is 1.12 bits per heavy atom. The average Bonchev–Trinajstić information content (AvgIpc) is 2.64. The minimum absolute atomic E-state index is 0.0320. The van der Waals surface area contributed by atoms with E-state index in [4.69, 9.17) is 4.74 Å². The summed E-state index contributed by atoms with van der Waals surface area (Å²) < 4.78 is 6.68. The van der Waals surface area contributed by atoms with Crippen molar-refractivity contribution < 1.29 is 9.53 Å². The first-order valence-corrected chi connectivity index (χ1v) is 9.09. The van der Waals surface area contributed by atoms with Gasteiger partial charge in [0.25, 0.3) is 5.91 Å². The van der Waals surface area contributed by atoms with Crippen LogP contribution in [0.5, 0.6) is 11.6 Å². The lowest BCUT2D eigenvalue weighted by Crippen LogP contribution is -2.38. The lowest BCUT2D eigenvalue weighted by Gasteiger charge is -2.31. The Kier molecular flexibility index (Phi) is 5.51. The van der Waals surface area contributed by atoms with Crippen LogP contribution >= 0.6 is 15.9 Å². The van der Waals surface area contributed by atoms with E-state index in [0.29, 0.717) is 23.2 Å². The van der Waals surface area contributed by atoms with Crippen molar-refractivity contribution in [3.05, 3.63) is 52.6 Å². The van der Waals surface area contributed by atoms with Crippen LogP contribution in [0.1, 0.15) is 42.5 Å². The summed E-state index contributed by atoms with van der Waals surface area (Å²) in [6.45, 7) is 0. The number of halogens is 1. The molecule has 1 aromatic carbocycles. The third-order valence-electron chi connectivity index (χ3n) is 4.46. The van der Waals surface area contributed by atoms with Crippen molar-refractivity contribution in [1.29, 1.82) is 0 Å². The summed E-state index contributed by atoms with van der Waals surface area (Å²) in [5, 5.41) is 0. The number of benzene rings is 1. The lowest BCUT2D eigenvalue weighted by molar-refractivity contribution is 0.0696. The van der Waals surface area contributed by atoms with Crippen LogP contribution in [0.3, 0.4) is 0 Å². The number of carbonyl (C=O) groups excluding carboxylic acids is 1. The van der Waals surface area contributed by atoms with E-state index in [-0.39, 0.29) is 5.91 Å². The van der Waals surface area contributed by atoms with Crippen LogP contribution in [0.2, 0.25) is 0 Å². The maximum absolute atomic E-state index is 12.6. The van der Waals surface area contributed by atoms with E-state index < -0.39 is 0 Å². The van der Waals surface area contributed by atoms with Gasteiger partial charge in [-0.2, -0.15) is 0 Å². The first-order valence-electron chi connectivity index (χ1n) is 8.30. The number of carbonyl (C=O) groups is 1. The molecule has 24 heavy (non-hydrogen) atoms. The van der Waals surface area contributed by atoms with Gasteiger partial charge < -0.3 is 9.64 Å². The molecule has 2 aromatic rings. The molecule has 1 heterocycles. The Bertz CT molecular complexity index is 680. The molecule has 1 fully saturated rings. The van der Waals surface area contributed by atoms with Crippen LogP contribution in [0.4, 0.5) is 0 Å². The molecular weight excluding hydrogens is 368 g/mol. The van der Waals surface area contributed by atoms with Crippen LogP contribution in [-0.4, -0.2) is 28.9 Å². The molecule has 0 atom stereocenters.